The maximum atomic E-state index is 12.8. The maximum absolute atomic E-state index is 12.8. The maximum Gasteiger partial charge on any atom is 0.159 e. The normalized spacial score (nSPS) is 12.9. The summed E-state index contributed by atoms with van der Waals surface area (Å²) in [7, 11) is 1.57. The molecule has 0 radical (unpaired) electrons. The van der Waals surface area contributed by atoms with Gasteiger partial charge in [-0.15, -0.1) is 0 Å². The van der Waals surface area contributed by atoms with Gasteiger partial charge in [0.05, 0.1) is 0 Å². The zero-order valence-corrected chi connectivity index (χ0v) is 7.97. The number of hydrogen-bond donors (Lipinski definition) is 1. The Morgan fingerprint density at radius 2 is 2.07 bits per heavy atom. The van der Waals surface area contributed by atoms with E-state index >= 15 is 0 Å². The third kappa shape index (κ3) is 2.75. The van der Waals surface area contributed by atoms with Crippen LogP contribution in [0.15, 0.2) is 18.2 Å². The monoisotopic (exact) mass is 201 g/mol. The van der Waals surface area contributed by atoms with E-state index in [9.17, 15) is 8.78 Å². The summed E-state index contributed by atoms with van der Waals surface area (Å²) in [5.74, 6) is -1.72. The van der Waals surface area contributed by atoms with Crippen molar-refractivity contribution in [2.75, 3.05) is 13.7 Å². The predicted octanol–water partition coefficient (Wildman–Crippen LogP) is 2.00. The highest BCUT2D eigenvalue weighted by Crippen LogP contribution is 2.16. The van der Waals surface area contributed by atoms with E-state index in [0.29, 0.717) is 18.6 Å². The van der Waals surface area contributed by atoms with Crippen molar-refractivity contribution in [3.63, 3.8) is 0 Å². The van der Waals surface area contributed by atoms with Crippen molar-refractivity contribution in [2.24, 2.45) is 5.73 Å². The molecule has 0 saturated carbocycles. The first-order valence-corrected chi connectivity index (χ1v) is 4.34. The lowest BCUT2D eigenvalue weighted by Gasteiger charge is -2.11. The SMILES string of the molecule is COCCC(N)c1ccc(F)c(F)c1. The van der Waals surface area contributed by atoms with Gasteiger partial charge in [0.1, 0.15) is 0 Å². The zero-order valence-electron chi connectivity index (χ0n) is 7.97. The van der Waals surface area contributed by atoms with Crippen molar-refractivity contribution in [2.45, 2.75) is 12.5 Å². The lowest BCUT2D eigenvalue weighted by molar-refractivity contribution is 0.188. The largest absolute Gasteiger partial charge is 0.385 e. The molecular formula is C10H13F2NO. The third-order valence-electron chi connectivity index (χ3n) is 2.00. The molecule has 0 aliphatic carbocycles. The van der Waals surface area contributed by atoms with E-state index in [1.54, 1.807) is 7.11 Å². The van der Waals surface area contributed by atoms with Gasteiger partial charge in [-0.1, -0.05) is 6.07 Å². The van der Waals surface area contributed by atoms with E-state index in [0.717, 1.165) is 12.1 Å². The highest BCUT2D eigenvalue weighted by atomic mass is 19.2. The predicted molar refractivity (Wildman–Crippen MR) is 49.8 cm³/mol. The zero-order chi connectivity index (χ0) is 10.6. The van der Waals surface area contributed by atoms with Gasteiger partial charge < -0.3 is 10.5 Å². The fraction of sp³-hybridized carbons (Fsp3) is 0.400. The number of halogens is 2. The van der Waals surface area contributed by atoms with Crippen LogP contribution < -0.4 is 5.73 Å². The lowest BCUT2D eigenvalue weighted by atomic mass is 10.1. The molecule has 0 aliphatic rings. The molecule has 0 aromatic heterocycles. The molecule has 0 aliphatic heterocycles. The number of rotatable bonds is 4. The van der Waals surface area contributed by atoms with Gasteiger partial charge >= 0.3 is 0 Å². The van der Waals surface area contributed by atoms with Crippen molar-refractivity contribution in [1.82, 2.24) is 0 Å². The summed E-state index contributed by atoms with van der Waals surface area (Å²) in [5.41, 5.74) is 6.32. The van der Waals surface area contributed by atoms with Gasteiger partial charge in [0, 0.05) is 19.8 Å². The Labute approximate surface area is 81.7 Å². The first kappa shape index (κ1) is 11.1. The molecule has 78 valence electrons. The van der Waals surface area contributed by atoms with Gasteiger partial charge in [-0.2, -0.15) is 0 Å². The van der Waals surface area contributed by atoms with Gasteiger partial charge in [0.2, 0.25) is 0 Å². The van der Waals surface area contributed by atoms with Crippen molar-refractivity contribution < 1.29 is 13.5 Å². The van der Waals surface area contributed by atoms with Crippen LogP contribution >= 0.6 is 0 Å². The first-order valence-electron chi connectivity index (χ1n) is 4.34. The van der Waals surface area contributed by atoms with Crippen molar-refractivity contribution in [3.8, 4) is 0 Å². The summed E-state index contributed by atoms with van der Waals surface area (Å²) >= 11 is 0. The molecule has 1 rings (SSSR count). The van der Waals surface area contributed by atoms with E-state index < -0.39 is 11.6 Å². The van der Waals surface area contributed by atoms with E-state index in [1.165, 1.54) is 6.07 Å². The van der Waals surface area contributed by atoms with E-state index in [4.69, 9.17) is 10.5 Å². The van der Waals surface area contributed by atoms with Crippen molar-refractivity contribution >= 4 is 0 Å². The van der Waals surface area contributed by atoms with E-state index in [2.05, 4.69) is 0 Å². The van der Waals surface area contributed by atoms with Crippen LogP contribution in [-0.2, 0) is 4.74 Å². The minimum atomic E-state index is -0.865. The number of nitrogens with two attached hydrogens (primary N) is 1. The third-order valence-corrected chi connectivity index (χ3v) is 2.00. The minimum Gasteiger partial charge on any atom is -0.385 e. The van der Waals surface area contributed by atoms with Crippen LogP contribution in [0.4, 0.5) is 8.78 Å². The fourth-order valence-electron chi connectivity index (χ4n) is 1.15. The summed E-state index contributed by atoms with van der Waals surface area (Å²) < 4.78 is 30.2. The molecule has 0 amide bonds. The molecular weight excluding hydrogens is 188 g/mol. The highest BCUT2D eigenvalue weighted by molar-refractivity contribution is 5.20. The Hall–Kier alpha value is -1.00. The molecule has 0 fully saturated rings. The minimum absolute atomic E-state index is 0.315. The summed E-state index contributed by atoms with van der Waals surface area (Å²) in [4.78, 5) is 0. The Kier molecular flexibility index (Phi) is 3.98. The number of methoxy groups -OCH3 is 1. The molecule has 1 aromatic carbocycles. The second-order valence-electron chi connectivity index (χ2n) is 3.06. The Morgan fingerprint density at radius 3 is 2.64 bits per heavy atom. The van der Waals surface area contributed by atoms with Gasteiger partial charge in [0.15, 0.2) is 11.6 Å². The molecule has 1 unspecified atom stereocenters. The molecule has 1 aromatic rings. The number of ether oxygens (including phenoxy) is 1. The van der Waals surface area contributed by atoms with Crippen molar-refractivity contribution in [1.29, 1.82) is 0 Å². The smallest absolute Gasteiger partial charge is 0.159 e. The van der Waals surface area contributed by atoms with Crippen LogP contribution in [0.3, 0.4) is 0 Å². The summed E-state index contributed by atoms with van der Waals surface area (Å²) in [6, 6.07) is 3.37. The van der Waals surface area contributed by atoms with Crippen LogP contribution in [0.25, 0.3) is 0 Å². The van der Waals surface area contributed by atoms with Crippen LogP contribution in [0.5, 0.6) is 0 Å². The van der Waals surface area contributed by atoms with E-state index in [-0.39, 0.29) is 6.04 Å². The van der Waals surface area contributed by atoms with E-state index in [1.807, 2.05) is 0 Å². The number of hydrogen-bond acceptors (Lipinski definition) is 2. The quantitative estimate of drug-likeness (QED) is 0.808. The second-order valence-corrected chi connectivity index (χ2v) is 3.06. The number of benzene rings is 1. The molecule has 0 heterocycles. The standard InChI is InChI=1S/C10H13F2NO/c1-14-5-4-10(13)7-2-3-8(11)9(12)6-7/h2-3,6,10H,4-5,13H2,1H3. The van der Waals surface area contributed by atoms with Crippen LogP contribution in [0.1, 0.15) is 18.0 Å². The fourth-order valence-corrected chi connectivity index (χ4v) is 1.15. The molecule has 4 heteroatoms. The molecule has 2 nitrogen and oxygen atoms in total. The lowest BCUT2D eigenvalue weighted by Crippen LogP contribution is -2.13. The average Bonchev–Trinajstić information content (AvgIpc) is 2.18. The van der Waals surface area contributed by atoms with Gasteiger partial charge in [-0.05, 0) is 24.1 Å². The van der Waals surface area contributed by atoms with Crippen LogP contribution in [-0.4, -0.2) is 13.7 Å². The highest BCUT2D eigenvalue weighted by Gasteiger charge is 2.08. The molecule has 14 heavy (non-hydrogen) atoms. The second kappa shape index (κ2) is 5.02. The summed E-state index contributed by atoms with van der Waals surface area (Å²) in [6.45, 7) is 0.500. The van der Waals surface area contributed by atoms with Crippen molar-refractivity contribution in [3.05, 3.63) is 35.4 Å². The van der Waals surface area contributed by atoms with Gasteiger partial charge in [-0.3, -0.25) is 0 Å². The van der Waals surface area contributed by atoms with Crippen LogP contribution in [0, 0.1) is 11.6 Å². The molecule has 0 bridgehead atoms. The Morgan fingerprint density at radius 1 is 1.36 bits per heavy atom. The average molecular weight is 201 g/mol. The topological polar surface area (TPSA) is 35.2 Å². The Bertz CT molecular complexity index is 304. The molecule has 0 saturated heterocycles. The molecule has 2 N–H and O–H groups in total. The van der Waals surface area contributed by atoms with Gasteiger partial charge in [-0.25, -0.2) is 8.78 Å². The molecule has 0 spiro atoms. The summed E-state index contributed by atoms with van der Waals surface area (Å²) in [5, 5.41) is 0. The molecule has 1 atom stereocenters. The van der Waals surface area contributed by atoms with Crippen LogP contribution in [0.2, 0.25) is 0 Å². The first-order chi connectivity index (χ1) is 6.65. The summed E-state index contributed by atoms with van der Waals surface area (Å²) in [6.07, 6.45) is 0.585. The van der Waals surface area contributed by atoms with Gasteiger partial charge in [0.25, 0.3) is 0 Å². The Balaban J connectivity index is 2.70.